The molecule has 1 saturated heterocycles. The first kappa shape index (κ1) is 30.0. The van der Waals surface area contributed by atoms with Crippen LogP contribution in [0.4, 0.5) is 14.5 Å². The summed E-state index contributed by atoms with van der Waals surface area (Å²) in [6, 6.07) is 6.10. The molecule has 44 heavy (non-hydrogen) atoms. The van der Waals surface area contributed by atoms with Gasteiger partial charge in [-0.15, -0.1) is 0 Å². The van der Waals surface area contributed by atoms with E-state index in [9.17, 15) is 10.1 Å². The van der Waals surface area contributed by atoms with Crippen molar-refractivity contribution in [3.05, 3.63) is 60.3 Å². The van der Waals surface area contributed by atoms with Gasteiger partial charge >= 0.3 is 0 Å². The van der Waals surface area contributed by atoms with Crippen molar-refractivity contribution in [2.24, 2.45) is 5.92 Å². The van der Waals surface area contributed by atoms with Gasteiger partial charge in [-0.3, -0.25) is 9.48 Å². The van der Waals surface area contributed by atoms with Gasteiger partial charge < -0.3 is 19.5 Å². The van der Waals surface area contributed by atoms with E-state index < -0.39 is 23.1 Å². The number of aromatic nitrogens is 5. The Hall–Kier alpha value is -4.02. The van der Waals surface area contributed by atoms with E-state index in [4.69, 9.17) is 4.74 Å². The molecule has 1 amide bonds. The van der Waals surface area contributed by atoms with Crippen molar-refractivity contribution in [3.8, 4) is 17.3 Å². The van der Waals surface area contributed by atoms with Crippen LogP contribution in [0.3, 0.4) is 0 Å². The van der Waals surface area contributed by atoms with Crippen molar-refractivity contribution in [2.45, 2.75) is 44.5 Å². The number of nitrogens with zero attached hydrogens (tertiary/aromatic N) is 7. The molecule has 4 aromatic rings. The van der Waals surface area contributed by atoms with Crippen molar-refractivity contribution in [3.63, 3.8) is 0 Å². The van der Waals surface area contributed by atoms with Gasteiger partial charge in [0, 0.05) is 48.5 Å². The summed E-state index contributed by atoms with van der Waals surface area (Å²) < 4.78 is 39.7. The number of hydrogen-bond donors (Lipinski definition) is 1. The monoisotopic (exact) mass is 621 g/mol. The Balaban J connectivity index is 1.18. The molecule has 230 valence electrons. The molecule has 1 aliphatic heterocycles. The highest BCUT2D eigenvalue weighted by Gasteiger charge is 2.46. The van der Waals surface area contributed by atoms with Crippen molar-refractivity contribution >= 4 is 33.5 Å². The molecule has 0 spiro atoms. The third-order valence-electron chi connectivity index (χ3n) is 8.45. The smallest absolute Gasteiger partial charge is 0.254 e. The summed E-state index contributed by atoms with van der Waals surface area (Å²) in [7, 11) is 0.315. The number of nitriles is 1. The van der Waals surface area contributed by atoms with E-state index in [-0.39, 0.29) is 36.8 Å². The van der Waals surface area contributed by atoms with Crippen LogP contribution in [-0.4, -0.2) is 74.2 Å². The van der Waals surface area contributed by atoms with E-state index in [0.717, 1.165) is 47.3 Å². The number of carbonyl (C=O) groups excluding carboxylic acids is 1. The number of amides is 1. The van der Waals surface area contributed by atoms with Crippen molar-refractivity contribution in [2.75, 3.05) is 42.9 Å². The second-order valence-electron chi connectivity index (χ2n) is 11.9. The van der Waals surface area contributed by atoms with Gasteiger partial charge in [-0.05, 0) is 48.7 Å². The van der Waals surface area contributed by atoms with Crippen molar-refractivity contribution in [1.29, 1.82) is 5.26 Å². The molecule has 1 N–H and O–H groups in total. The van der Waals surface area contributed by atoms with Crippen molar-refractivity contribution in [1.82, 2.24) is 29.6 Å². The topological polar surface area (TPSA) is 114 Å². The zero-order valence-electron chi connectivity index (χ0n) is 25.0. The highest BCUT2D eigenvalue weighted by Crippen LogP contribution is 2.39. The number of ether oxygens (including phenoxy) is 1. The molecule has 2 aliphatic rings. The molecule has 1 aromatic carbocycles. The van der Waals surface area contributed by atoms with Crippen molar-refractivity contribution < 1.29 is 18.3 Å². The molecule has 2 fully saturated rings. The summed E-state index contributed by atoms with van der Waals surface area (Å²) in [5.74, 6) is -0.698. The summed E-state index contributed by atoms with van der Waals surface area (Å²) in [5.41, 5.74) is 1.19. The highest BCUT2D eigenvalue weighted by molar-refractivity contribution is 7.95. The second-order valence-corrected chi connectivity index (χ2v) is 14.3. The van der Waals surface area contributed by atoms with Gasteiger partial charge in [0.2, 0.25) is 0 Å². The average molecular weight is 622 g/mol. The fourth-order valence-corrected chi connectivity index (χ4v) is 6.15. The van der Waals surface area contributed by atoms with Crippen LogP contribution >= 0.6 is 0 Å². The summed E-state index contributed by atoms with van der Waals surface area (Å²) in [5, 5.41) is 17.9. The van der Waals surface area contributed by atoms with E-state index in [0.29, 0.717) is 35.8 Å². The van der Waals surface area contributed by atoms with Crippen LogP contribution in [0.2, 0.25) is 0 Å². The Morgan fingerprint density at radius 3 is 2.77 bits per heavy atom. The van der Waals surface area contributed by atoms with Gasteiger partial charge in [0.1, 0.15) is 41.6 Å². The maximum Gasteiger partial charge on any atom is 0.254 e. The quantitative estimate of drug-likeness (QED) is 0.187. The number of hydrogen-bond acceptors (Lipinski definition) is 7. The van der Waals surface area contributed by atoms with Gasteiger partial charge in [-0.2, -0.15) is 10.4 Å². The number of halogens is 2. The Kier molecular flexibility index (Phi) is 8.30. The normalized spacial score (nSPS) is 16.6. The van der Waals surface area contributed by atoms with E-state index >= 15 is 8.78 Å². The molecule has 0 bridgehead atoms. The third-order valence-corrected chi connectivity index (χ3v) is 9.44. The Morgan fingerprint density at radius 1 is 1.25 bits per heavy atom. The predicted molar refractivity (Wildman–Crippen MR) is 165 cm³/mol. The summed E-state index contributed by atoms with van der Waals surface area (Å²) in [6.07, 6.45) is 13.5. The molecule has 1 aliphatic carbocycles. The van der Waals surface area contributed by atoms with E-state index in [1.165, 1.54) is 6.33 Å². The molecular formula is C31H35F2N8O2S+. The number of nitrogens with one attached hydrogen (secondary N) is 1. The average Bonchev–Trinajstić information content (AvgIpc) is 3.57. The van der Waals surface area contributed by atoms with Gasteiger partial charge in [0.05, 0.1) is 54.8 Å². The number of rotatable bonds is 12. The van der Waals surface area contributed by atoms with Gasteiger partial charge in [0.25, 0.3) is 5.91 Å². The minimum atomic E-state index is -0.786. The summed E-state index contributed by atoms with van der Waals surface area (Å²) >= 11 is 0. The van der Waals surface area contributed by atoms with E-state index in [2.05, 4.69) is 39.0 Å². The SMILES string of the molecule is C[C@@H](NC(=O)c1cc(F)c(N2CC(CC#N)(n3cc(-c4ncnc5c4ccn5COCC[S+](C)C)cn3)C2)cc1F)C1CC1. The summed E-state index contributed by atoms with van der Waals surface area (Å²) in [4.78, 5) is 23.2. The minimum absolute atomic E-state index is 0.0465. The predicted octanol–water partition coefficient (Wildman–Crippen LogP) is 4.08. The zero-order chi connectivity index (χ0) is 31.0. The van der Waals surface area contributed by atoms with Crippen LogP contribution in [-0.2, 0) is 27.9 Å². The maximum atomic E-state index is 15.2. The lowest BCUT2D eigenvalue weighted by atomic mass is 9.86. The molecule has 0 unspecified atom stereocenters. The zero-order valence-corrected chi connectivity index (χ0v) is 25.8. The lowest BCUT2D eigenvalue weighted by molar-refractivity contribution is 0.0923. The first-order valence-corrected chi connectivity index (χ1v) is 16.8. The molecule has 1 saturated carbocycles. The minimum Gasteiger partial charge on any atom is -0.364 e. The Bertz CT molecular complexity index is 1720. The third kappa shape index (κ3) is 5.88. The Morgan fingerprint density at radius 2 is 2.05 bits per heavy atom. The molecule has 3 aromatic heterocycles. The lowest BCUT2D eigenvalue weighted by Gasteiger charge is -2.50. The number of fused-ring (bicyclic) bond motifs is 1. The van der Waals surface area contributed by atoms with Crippen LogP contribution in [0.1, 0.15) is 36.5 Å². The molecule has 4 heterocycles. The fraction of sp³-hybridized carbons (Fsp3) is 0.452. The second kappa shape index (κ2) is 12.2. The first-order valence-electron chi connectivity index (χ1n) is 14.6. The highest BCUT2D eigenvalue weighted by atomic mass is 32.2. The van der Waals surface area contributed by atoms with Gasteiger partial charge in [0.15, 0.2) is 0 Å². The Labute approximate surface area is 257 Å². The molecule has 10 nitrogen and oxygen atoms in total. The number of benzene rings is 1. The van der Waals surface area contributed by atoms with E-state index in [1.807, 2.05) is 30.0 Å². The molecule has 13 heteroatoms. The van der Waals surface area contributed by atoms with Crippen LogP contribution in [0.25, 0.3) is 22.3 Å². The first-order chi connectivity index (χ1) is 21.2. The molecule has 6 rings (SSSR count). The van der Waals surface area contributed by atoms with Gasteiger partial charge in [-0.1, -0.05) is 0 Å². The summed E-state index contributed by atoms with van der Waals surface area (Å²) in [6.45, 7) is 3.43. The fourth-order valence-electron chi connectivity index (χ4n) is 5.70. The van der Waals surface area contributed by atoms with Crippen LogP contribution in [0, 0.1) is 28.9 Å². The van der Waals surface area contributed by atoms with Crippen LogP contribution in [0.15, 0.2) is 43.1 Å². The van der Waals surface area contributed by atoms with E-state index in [1.54, 1.807) is 15.8 Å². The standard InChI is InChI=1S/C31H34F2N8O2S/c1-20(21-4-5-21)38-30(42)24-12-26(33)27(13-25(24)32)40-16-31(17-40,7-8-34)41-15-22(14-37-41)28-23-6-9-39(29(23)36-18-35-28)19-43-10-11-44(2)3/h6,9,12-15,18,20-21H,4-5,7,10-11,16-17,19H2,1-3H3/p+1/t20-/m1/s1. The van der Waals surface area contributed by atoms with Crippen LogP contribution < -0.4 is 10.2 Å². The number of anilines is 1. The lowest BCUT2D eigenvalue weighted by Crippen LogP contribution is -2.63. The molecule has 1 atom stereocenters. The largest absolute Gasteiger partial charge is 0.364 e. The number of carbonyl (C=O) groups is 1. The maximum absolute atomic E-state index is 15.2. The van der Waals surface area contributed by atoms with Gasteiger partial charge in [-0.25, -0.2) is 18.7 Å². The molecular weight excluding hydrogens is 586 g/mol. The van der Waals surface area contributed by atoms with Crippen LogP contribution in [0.5, 0.6) is 0 Å². The molecule has 0 radical (unpaired) electrons.